The van der Waals surface area contributed by atoms with E-state index in [9.17, 15) is 4.79 Å². The van der Waals surface area contributed by atoms with Crippen molar-refractivity contribution < 1.29 is 9.90 Å². The summed E-state index contributed by atoms with van der Waals surface area (Å²) in [5, 5.41) is 8.93. The van der Waals surface area contributed by atoms with Crippen LogP contribution in [0.2, 0.25) is 0 Å². The van der Waals surface area contributed by atoms with Crippen molar-refractivity contribution in [3.63, 3.8) is 0 Å². The van der Waals surface area contributed by atoms with Gasteiger partial charge in [0.25, 0.3) is 0 Å². The maximum Gasteiger partial charge on any atom is 0.335 e. The van der Waals surface area contributed by atoms with Crippen LogP contribution in [0.25, 0.3) is 0 Å². The minimum atomic E-state index is -0.938. The van der Waals surface area contributed by atoms with E-state index in [-0.39, 0.29) is 5.56 Å². The third kappa shape index (κ3) is 2.75. The van der Waals surface area contributed by atoms with Crippen LogP contribution in [0, 0.1) is 5.92 Å². The second kappa shape index (κ2) is 4.88. The predicted octanol–water partition coefficient (Wildman–Crippen LogP) is 2.59. The molecular weight excluding hydrogens is 228 g/mol. The number of hydrogen-bond acceptors (Lipinski definition) is 3. The Labute approximate surface area is 107 Å². The van der Waals surface area contributed by atoms with Gasteiger partial charge in [0.1, 0.15) is 0 Å². The van der Waals surface area contributed by atoms with E-state index in [0.29, 0.717) is 11.7 Å². The van der Waals surface area contributed by atoms with E-state index in [1.165, 1.54) is 12.8 Å². The highest BCUT2D eigenvalue weighted by atomic mass is 16.4. The van der Waals surface area contributed by atoms with Gasteiger partial charge in [-0.05, 0) is 50.8 Å². The SMILES string of the molecule is CC(C)N(CC1CC1)c1ccc(C(=O)O)cc1N. The lowest BCUT2D eigenvalue weighted by Gasteiger charge is -2.30. The third-order valence-electron chi connectivity index (χ3n) is 3.36. The molecule has 0 heterocycles. The van der Waals surface area contributed by atoms with Crippen LogP contribution in [-0.4, -0.2) is 23.7 Å². The van der Waals surface area contributed by atoms with Gasteiger partial charge < -0.3 is 15.7 Å². The Balaban J connectivity index is 2.26. The quantitative estimate of drug-likeness (QED) is 0.786. The highest BCUT2D eigenvalue weighted by molar-refractivity contribution is 5.90. The molecule has 1 aromatic carbocycles. The molecule has 0 unspecified atom stereocenters. The molecule has 1 aliphatic carbocycles. The number of carboxylic acid groups (broad SMARTS) is 1. The average Bonchev–Trinajstić information content (AvgIpc) is 3.09. The molecule has 0 aromatic heterocycles. The molecule has 1 aliphatic rings. The average molecular weight is 248 g/mol. The second-order valence-electron chi connectivity index (χ2n) is 5.27. The van der Waals surface area contributed by atoms with E-state index in [4.69, 9.17) is 10.8 Å². The van der Waals surface area contributed by atoms with Crippen molar-refractivity contribution in [2.45, 2.75) is 32.7 Å². The Hall–Kier alpha value is -1.71. The number of rotatable bonds is 5. The molecule has 0 bridgehead atoms. The van der Waals surface area contributed by atoms with Crippen molar-refractivity contribution in [1.29, 1.82) is 0 Å². The maximum atomic E-state index is 10.9. The monoisotopic (exact) mass is 248 g/mol. The van der Waals surface area contributed by atoms with Crippen LogP contribution in [0.4, 0.5) is 11.4 Å². The second-order valence-corrected chi connectivity index (χ2v) is 5.27. The van der Waals surface area contributed by atoms with Crippen LogP contribution in [0.5, 0.6) is 0 Å². The lowest BCUT2D eigenvalue weighted by molar-refractivity contribution is 0.0697. The van der Waals surface area contributed by atoms with Gasteiger partial charge in [0.2, 0.25) is 0 Å². The maximum absolute atomic E-state index is 10.9. The fourth-order valence-corrected chi connectivity index (χ4v) is 2.12. The van der Waals surface area contributed by atoms with Crippen LogP contribution in [-0.2, 0) is 0 Å². The number of aromatic carboxylic acids is 1. The first-order valence-electron chi connectivity index (χ1n) is 6.38. The molecule has 0 radical (unpaired) electrons. The lowest BCUT2D eigenvalue weighted by Crippen LogP contribution is -2.33. The van der Waals surface area contributed by atoms with Crippen molar-refractivity contribution in [3.8, 4) is 0 Å². The zero-order valence-electron chi connectivity index (χ0n) is 10.9. The predicted molar refractivity (Wildman–Crippen MR) is 73.0 cm³/mol. The van der Waals surface area contributed by atoms with E-state index < -0.39 is 5.97 Å². The van der Waals surface area contributed by atoms with E-state index >= 15 is 0 Å². The number of hydrogen-bond donors (Lipinski definition) is 2. The number of nitrogens with zero attached hydrogens (tertiary/aromatic N) is 1. The fourth-order valence-electron chi connectivity index (χ4n) is 2.12. The van der Waals surface area contributed by atoms with Crippen LogP contribution >= 0.6 is 0 Å². The lowest BCUT2D eigenvalue weighted by atomic mass is 10.1. The first kappa shape index (κ1) is 12.7. The normalized spacial score (nSPS) is 14.8. The van der Waals surface area contributed by atoms with Crippen molar-refractivity contribution in [3.05, 3.63) is 23.8 Å². The standard InChI is InChI=1S/C14H20N2O2/c1-9(2)16(8-10-3-4-10)13-6-5-11(14(17)18)7-12(13)15/h5-7,9-10H,3-4,8,15H2,1-2H3,(H,17,18). The van der Waals surface area contributed by atoms with E-state index in [0.717, 1.165) is 18.2 Å². The van der Waals surface area contributed by atoms with Crippen LogP contribution in [0.15, 0.2) is 18.2 Å². The molecule has 3 N–H and O–H groups in total. The van der Waals surface area contributed by atoms with Crippen molar-refractivity contribution in [2.75, 3.05) is 17.2 Å². The number of anilines is 2. The summed E-state index contributed by atoms with van der Waals surface area (Å²) < 4.78 is 0. The van der Waals surface area contributed by atoms with Gasteiger partial charge >= 0.3 is 5.97 Å². The zero-order chi connectivity index (χ0) is 13.3. The molecule has 4 nitrogen and oxygen atoms in total. The number of carbonyl (C=O) groups is 1. The van der Waals surface area contributed by atoms with Gasteiger partial charge in [0.15, 0.2) is 0 Å². The Kier molecular flexibility index (Phi) is 3.45. The largest absolute Gasteiger partial charge is 0.478 e. The van der Waals surface area contributed by atoms with Gasteiger partial charge in [-0.3, -0.25) is 0 Å². The van der Waals surface area contributed by atoms with E-state index in [1.807, 2.05) is 6.07 Å². The summed E-state index contributed by atoms with van der Waals surface area (Å²) in [6.07, 6.45) is 2.58. The topological polar surface area (TPSA) is 66.6 Å². The molecule has 0 spiro atoms. The molecule has 18 heavy (non-hydrogen) atoms. The van der Waals surface area contributed by atoms with Crippen molar-refractivity contribution in [1.82, 2.24) is 0 Å². The van der Waals surface area contributed by atoms with Gasteiger partial charge in [-0.1, -0.05) is 0 Å². The van der Waals surface area contributed by atoms with Crippen LogP contribution in [0.3, 0.4) is 0 Å². The molecule has 0 amide bonds. The summed E-state index contributed by atoms with van der Waals surface area (Å²) in [5.74, 6) is -0.169. The summed E-state index contributed by atoms with van der Waals surface area (Å²) in [6.45, 7) is 5.27. The van der Waals surface area contributed by atoms with Gasteiger partial charge in [-0.2, -0.15) is 0 Å². The number of carboxylic acids is 1. The molecule has 0 saturated heterocycles. The first-order valence-corrected chi connectivity index (χ1v) is 6.38. The minimum absolute atomic E-state index is 0.242. The summed E-state index contributed by atoms with van der Waals surface area (Å²) >= 11 is 0. The van der Waals surface area contributed by atoms with Gasteiger partial charge in [0.05, 0.1) is 16.9 Å². The Morgan fingerprint density at radius 3 is 2.61 bits per heavy atom. The van der Waals surface area contributed by atoms with Crippen molar-refractivity contribution in [2.24, 2.45) is 5.92 Å². The Bertz CT molecular complexity index is 453. The highest BCUT2D eigenvalue weighted by Crippen LogP contribution is 2.34. The van der Waals surface area contributed by atoms with Gasteiger partial charge in [-0.15, -0.1) is 0 Å². The first-order chi connectivity index (χ1) is 8.49. The molecule has 1 aromatic rings. The molecule has 0 aliphatic heterocycles. The summed E-state index contributed by atoms with van der Waals surface area (Å²) in [5.41, 5.74) is 7.72. The highest BCUT2D eigenvalue weighted by Gasteiger charge is 2.26. The van der Waals surface area contributed by atoms with Crippen molar-refractivity contribution >= 4 is 17.3 Å². The molecule has 1 saturated carbocycles. The molecule has 4 heteroatoms. The minimum Gasteiger partial charge on any atom is -0.478 e. The molecule has 2 rings (SSSR count). The number of nitrogens with two attached hydrogens (primary N) is 1. The van der Waals surface area contributed by atoms with E-state index in [1.54, 1.807) is 12.1 Å². The Morgan fingerprint density at radius 2 is 2.17 bits per heavy atom. The summed E-state index contributed by atoms with van der Waals surface area (Å²) in [7, 11) is 0. The summed E-state index contributed by atoms with van der Waals surface area (Å²) in [6, 6.07) is 5.35. The number of nitrogen functional groups attached to an aromatic ring is 1. The van der Waals surface area contributed by atoms with E-state index in [2.05, 4.69) is 18.7 Å². The van der Waals surface area contributed by atoms with Gasteiger partial charge in [0, 0.05) is 12.6 Å². The Morgan fingerprint density at radius 1 is 1.50 bits per heavy atom. The molecular formula is C14H20N2O2. The molecule has 0 atom stereocenters. The number of benzene rings is 1. The third-order valence-corrected chi connectivity index (χ3v) is 3.36. The fraction of sp³-hybridized carbons (Fsp3) is 0.500. The smallest absolute Gasteiger partial charge is 0.335 e. The van der Waals surface area contributed by atoms with Crippen LogP contribution in [0.1, 0.15) is 37.0 Å². The zero-order valence-corrected chi connectivity index (χ0v) is 10.9. The summed E-state index contributed by atoms with van der Waals surface area (Å²) in [4.78, 5) is 13.1. The van der Waals surface area contributed by atoms with Gasteiger partial charge in [-0.25, -0.2) is 4.79 Å². The molecule has 1 fully saturated rings. The van der Waals surface area contributed by atoms with Crippen LogP contribution < -0.4 is 10.6 Å². The molecule has 98 valence electrons.